The van der Waals surface area contributed by atoms with E-state index in [0.717, 1.165) is 82.4 Å². The predicted octanol–water partition coefficient (Wildman–Crippen LogP) is 14.9. The monoisotopic (exact) mass is 703 g/mol. The Morgan fingerprint density at radius 1 is 0.404 bits per heavy atom. The van der Waals surface area contributed by atoms with Gasteiger partial charge in [-0.15, -0.1) is 0 Å². The topological polar surface area (TPSA) is 27.7 Å². The van der Waals surface area contributed by atoms with E-state index in [4.69, 9.17) is 14.2 Å². The predicted molar refractivity (Wildman–Crippen MR) is 226 cm³/mol. The van der Waals surface area contributed by atoms with Crippen LogP contribution in [0.4, 0.5) is 0 Å². The Morgan fingerprint density at radius 3 is 1.12 bits per heavy atom. The van der Waals surface area contributed by atoms with Gasteiger partial charge in [0.25, 0.3) is 0 Å². The molecule has 0 bridgehead atoms. The fourth-order valence-corrected chi connectivity index (χ4v) is 7.95. The molecule has 3 nitrogen and oxygen atoms in total. The smallest absolute Gasteiger partial charge is 0.135 e. The molecule has 0 aliphatic carbocycles. The minimum Gasteiger partial charge on any atom is -0.492 e. The van der Waals surface area contributed by atoms with Gasteiger partial charge in [0.2, 0.25) is 0 Å². The van der Waals surface area contributed by atoms with Gasteiger partial charge in [0, 0.05) is 38.2 Å². The Bertz CT molecular complexity index is 1800. The average molecular weight is 703 g/mol. The second kappa shape index (κ2) is 19.9. The number of ether oxygens (including phenoxy) is 3. The molecule has 5 aromatic rings. The van der Waals surface area contributed by atoms with E-state index in [9.17, 15) is 0 Å². The Labute approximate surface area is 315 Å². The molecular formula is C49H66O3. The normalized spacial score (nSPS) is 13.4. The first-order chi connectivity index (χ1) is 25.5. The minimum absolute atomic E-state index is 0.509. The fourth-order valence-electron chi connectivity index (χ4n) is 7.95. The van der Waals surface area contributed by atoms with Gasteiger partial charge in [-0.05, 0) is 54.7 Å². The van der Waals surface area contributed by atoms with Crippen LogP contribution in [0, 0.1) is 24.7 Å². The lowest BCUT2D eigenvalue weighted by molar-refractivity contribution is 0.231. The van der Waals surface area contributed by atoms with E-state index in [0.29, 0.717) is 24.4 Å². The van der Waals surface area contributed by atoms with E-state index in [1.807, 2.05) is 0 Å². The van der Waals surface area contributed by atoms with Crippen molar-refractivity contribution in [2.45, 2.75) is 126 Å². The Kier molecular flexibility index (Phi) is 15.1. The molecule has 0 fully saturated rings. The number of hydrogen-bond acceptors (Lipinski definition) is 3. The molecule has 0 amide bonds. The summed E-state index contributed by atoms with van der Waals surface area (Å²) in [4.78, 5) is 0. The van der Waals surface area contributed by atoms with Gasteiger partial charge in [0.15, 0.2) is 0 Å². The second-order valence-electron chi connectivity index (χ2n) is 15.2. The van der Waals surface area contributed by atoms with Crippen LogP contribution in [0.2, 0.25) is 0 Å². The largest absolute Gasteiger partial charge is 0.492 e. The van der Waals surface area contributed by atoms with Crippen LogP contribution in [-0.2, 0) is 0 Å². The van der Waals surface area contributed by atoms with Gasteiger partial charge in [-0.3, -0.25) is 0 Å². The highest BCUT2D eigenvalue weighted by Crippen LogP contribution is 2.52. The quantitative estimate of drug-likeness (QED) is 0.0672. The molecule has 280 valence electrons. The van der Waals surface area contributed by atoms with Gasteiger partial charge < -0.3 is 14.2 Å². The van der Waals surface area contributed by atoms with Crippen molar-refractivity contribution in [1.29, 1.82) is 0 Å². The number of unbranched alkanes of at least 4 members (excludes halogenated alkanes) is 3. The van der Waals surface area contributed by atoms with E-state index < -0.39 is 0 Å². The molecule has 5 aromatic carbocycles. The van der Waals surface area contributed by atoms with Crippen LogP contribution in [0.1, 0.15) is 124 Å². The molecule has 0 saturated carbocycles. The first-order valence-corrected chi connectivity index (χ1v) is 20.9. The minimum atomic E-state index is 0.509. The molecule has 0 heterocycles. The summed E-state index contributed by atoms with van der Waals surface area (Å²) in [5.74, 6) is 4.54. The lowest BCUT2D eigenvalue weighted by Gasteiger charge is -2.26. The Hall–Kier alpha value is -3.72. The van der Waals surface area contributed by atoms with Crippen LogP contribution in [-0.4, -0.2) is 19.8 Å². The summed E-state index contributed by atoms with van der Waals surface area (Å²) in [7, 11) is 0. The van der Waals surface area contributed by atoms with Gasteiger partial charge in [0.05, 0.1) is 19.8 Å². The molecule has 0 aliphatic rings. The molecule has 3 heteroatoms. The highest BCUT2D eigenvalue weighted by atomic mass is 16.5. The van der Waals surface area contributed by atoms with Crippen molar-refractivity contribution >= 4 is 32.3 Å². The average Bonchev–Trinajstić information content (AvgIpc) is 3.18. The zero-order valence-corrected chi connectivity index (χ0v) is 33.5. The van der Waals surface area contributed by atoms with Crippen molar-refractivity contribution in [3.05, 3.63) is 78.4 Å². The fraction of sp³-hybridized carbons (Fsp3) is 0.510. The number of fused-ring (bicyclic) bond motifs is 3. The molecule has 3 unspecified atom stereocenters. The van der Waals surface area contributed by atoms with E-state index in [2.05, 4.69) is 121 Å². The summed E-state index contributed by atoms with van der Waals surface area (Å²) in [6.07, 6.45) is 14.3. The van der Waals surface area contributed by atoms with E-state index in [1.165, 1.54) is 74.1 Å². The maximum atomic E-state index is 7.16. The molecule has 0 saturated heterocycles. The molecule has 0 N–H and O–H groups in total. The van der Waals surface area contributed by atoms with Crippen molar-refractivity contribution in [3.63, 3.8) is 0 Å². The standard InChI is InChI=1S/C49H66O3/c1-8-14-23-36(11-4)32-50-47-35(7)45(49(44-31-22-21-30-43(44)47)52-34-38(13-6)25-16-10-3)46-39-26-17-19-28-41(39)48(42-29-20-18-27-40(42)46)51-33-37(12-5)24-15-9-2/h17-22,26-31,36-38H,8-16,23-25,32-34H2,1-7H3. The van der Waals surface area contributed by atoms with Gasteiger partial charge in [-0.1, -0.05) is 172 Å². The molecule has 0 aromatic heterocycles. The van der Waals surface area contributed by atoms with Gasteiger partial charge >= 0.3 is 0 Å². The first kappa shape index (κ1) is 39.5. The summed E-state index contributed by atoms with van der Waals surface area (Å²) >= 11 is 0. The van der Waals surface area contributed by atoms with Crippen molar-refractivity contribution in [2.75, 3.05) is 19.8 Å². The first-order valence-electron chi connectivity index (χ1n) is 20.9. The van der Waals surface area contributed by atoms with Crippen LogP contribution in [0.5, 0.6) is 17.2 Å². The summed E-state index contributed by atoms with van der Waals surface area (Å²) in [6, 6.07) is 26.5. The summed E-state index contributed by atoms with van der Waals surface area (Å²) in [5.41, 5.74) is 3.50. The third-order valence-corrected chi connectivity index (χ3v) is 11.5. The molecule has 5 rings (SSSR count). The van der Waals surface area contributed by atoms with Crippen LogP contribution < -0.4 is 14.2 Å². The van der Waals surface area contributed by atoms with Crippen LogP contribution in [0.15, 0.2) is 72.8 Å². The maximum absolute atomic E-state index is 7.16. The van der Waals surface area contributed by atoms with Crippen molar-refractivity contribution in [2.24, 2.45) is 17.8 Å². The number of hydrogen-bond donors (Lipinski definition) is 0. The van der Waals surface area contributed by atoms with Crippen LogP contribution in [0.3, 0.4) is 0 Å². The van der Waals surface area contributed by atoms with E-state index >= 15 is 0 Å². The lowest BCUT2D eigenvalue weighted by Crippen LogP contribution is -2.14. The maximum Gasteiger partial charge on any atom is 0.135 e. The summed E-state index contributed by atoms with van der Waals surface area (Å²) in [5, 5.41) is 6.96. The summed E-state index contributed by atoms with van der Waals surface area (Å²) < 4.78 is 21.1. The molecule has 0 spiro atoms. The third-order valence-electron chi connectivity index (χ3n) is 11.5. The van der Waals surface area contributed by atoms with E-state index in [1.54, 1.807) is 0 Å². The molecule has 0 radical (unpaired) electrons. The SMILES string of the molecule is CCCCC(CC)COc1c(C)c(-c2c3ccccc3c(OCC(CC)CCCC)c3ccccc23)c(OCC(CC)CCCC)c2ccccc12. The second-order valence-corrected chi connectivity index (χ2v) is 15.2. The third kappa shape index (κ3) is 9.07. The molecule has 52 heavy (non-hydrogen) atoms. The Morgan fingerprint density at radius 2 is 0.731 bits per heavy atom. The zero-order chi connectivity index (χ0) is 36.9. The number of benzene rings is 5. The van der Waals surface area contributed by atoms with Crippen molar-refractivity contribution < 1.29 is 14.2 Å². The van der Waals surface area contributed by atoms with E-state index in [-0.39, 0.29) is 0 Å². The summed E-state index contributed by atoms with van der Waals surface area (Å²) in [6.45, 7) is 18.2. The van der Waals surface area contributed by atoms with Crippen LogP contribution in [0.25, 0.3) is 43.4 Å². The van der Waals surface area contributed by atoms with Gasteiger partial charge in [0.1, 0.15) is 17.2 Å². The molecule has 0 aliphatic heterocycles. The molecule has 3 atom stereocenters. The van der Waals surface area contributed by atoms with Gasteiger partial charge in [-0.25, -0.2) is 0 Å². The highest BCUT2D eigenvalue weighted by Gasteiger charge is 2.26. The Balaban J connectivity index is 1.77. The van der Waals surface area contributed by atoms with Crippen molar-refractivity contribution in [1.82, 2.24) is 0 Å². The lowest BCUT2D eigenvalue weighted by atomic mass is 9.86. The zero-order valence-electron chi connectivity index (χ0n) is 33.5. The van der Waals surface area contributed by atoms with Crippen LogP contribution >= 0.6 is 0 Å². The molecular weight excluding hydrogens is 637 g/mol. The van der Waals surface area contributed by atoms with Gasteiger partial charge in [-0.2, -0.15) is 0 Å². The number of rotatable bonds is 22. The van der Waals surface area contributed by atoms with Crippen molar-refractivity contribution in [3.8, 4) is 28.4 Å². The highest BCUT2D eigenvalue weighted by molar-refractivity contribution is 6.19.